The van der Waals surface area contributed by atoms with Crippen LogP contribution in [0.2, 0.25) is 0 Å². The Kier molecular flexibility index (Phi) is 6.84. The van der Waals surface area contributed by atoms with E-state index in [0.717, 1.165) is 33.2 Å². The van der Waals surface area contributed by atoms with Gasteiger partial charge in [0.25, 0.3) is 0 Å². The molecule has 24 heavy (non-hydrogen) atoms. The average Bonchev–Trinajstić information content (AvgIpc) is 2.60. The molecule has 128 valence electrons. The summed E-state index contributed by atoms with van der Waals surface area (Å²) >= 11 is 9.43. The first-order valence-corrected chi connectivity index (χ1v) is 9.03. The third-order valence-electron chi connectivity index (χ3n) is 4.13. The smallest absolute Gasteiger partial charge is 0.0606 e. The van der Waals surface area contributed by atoms with Crippen molar-refractivity contribution in [3.8, 4) is 0 Å². The number of aryl methyl sites for hydroxylation is 2. The van der Waals surface area contributed by atoms with Crippen LogP contribution in [-0.4, -0.2) is 24.8 Å². The van der Waals surface area contributed by atoms with E-state index >= 15 is 0 Å². The molecular weight excluding hydrogens is 334 g/mol. The molecule has 0 amide bonds. The SMILES string of the molecule is CCN(CCO)c1ccc(/C(S)=C(/S)c2cc(C)ccc2C)cc1. The Hall–Kier alpha value is -1.36. The second kappa shape index (κ2) is 8.65. The Balaban J connectivity index is 2.34. The number of aliphatic hydroxyl groups is 1. The molecule has 4 heteroatoms. The Morgan fingerprint density at radius 2 is 1.67 bits per heavy atom. The van der Waals surface area contributed by atoms with Gasteiger partial charge < -0.3 is 10.0 Å². The molecule has 0 radical (unpaired) electrons. The van der Waals surface area contributed by atoms with Gasteiger partial charge in [0.05, 0.1) is 6.61 Å². The number of nitrogens with zero attached hydrogens (tertiary/aromatic N) is 1. The lowest BCUT2D eigenvalue weighted by atomic mass is 10.0. The van der Waals surface area contributed by atoms with Crippen LogP contribution in [0, 0.1) is 13.8 Å². The normalized spacial score (nSPS) is 12.1. The Bertz CT molecular complexity index is 723. The van der Waals surface area contributed by atoms with E-state index in [4.69, 9.17) is 30.4 Å². The molecule has 2 aromatic rings. The van der Waals surface area contributed by atoms with Crippen molar-refractivity contribution >= 4 is 40.8 Å². The molecule has 2 aromatic carbocycles. The van der Waals surface area contributed by atoms with Gasteiger partial charge in [-0.2, -0.15) is 0 Å². The summed E-state index contributed by atoms with van der Waals surface area (Å²) in [4.78, 5) is 3.89. The van der Waals surface area contributed by atoms with E-state index in [1.165, 1.54) is 11.1 Å². The zero-order chi connectivity index (χ0) is 17.7. The van der Waals surface area contributed by atoms with Crippen molar-refractivity contribution in [1.29, 1.82) is 0 Å². The van der Waals surface area contributed by atoms with Gasteiger partial charge in [-0.3, -0.25) is 0 Å². The number of benzene rings is 2. The molecule has 0 spiro atoms. The lowest BCUT2D eigenvalue weighted by molar-refractivity contribution is 0.302. The topological polar surface area (TPSA) is 23.5 Å². The summed E-state index contributed by atoms with van der Waals surface area (Å²) < 4.78 is 0. The summed E-state index contributed by atoms with van der Waals surface area (Å²) in [6.45, 7) is 7.91. The molecule has 0 atom stereocenters. The maximum absolute atomic E-state index is 9.15. The number of anilines is 1. The molecule has 0 aliphatic carbocycles. The number of aliphatic hydroxyl groups excluding tert-OH is 1. The van der Waals surface area contributed by atoms with Gasteiger partial charge in [0.15, 0.2) is 0 Å². The first kappa shape index (κ1) is 19.0. The highest BCUT2D eigenvalue weighted by atomic mass is 32.1. The van der Waals surface area contributed by atoms with Gasteiger partial charge in [0.1, 0.15) is 0 Å². The van der Waals surface area contributed by atoms with E-state index in [9.17, 15) is 0 Å². The lowest BCUT2D eigenvalue weighted by Crippen LogP contribution is -2.25. The third kappa shape index (κ3) is 4.38. The first-order valence-electron chi connectivity index (χ1n) is 8.14. The van der Waals surface area contributed by atoms with E-state index in [-0.39, 0.29) is 6.61 Å². The number of thiol groups is 2. The zero-order valence-electron chi connectivity index (χ0n) is 14.5. The minimum Gasteiger partial charge on any atom is -0.395 e. The number of rotatable bonds is 6. The van der Waals surface area contributed by atoms with Gasteiger partial charge >= 0.3 is 0 Å². The molecule has 0 aromatic heterocycles. The lowest BCUT2D eigenvalue weighted by Gasteiger charge is -2.22. The van der Waals surface area contributed by atoms with Crippen molar-refractivity contribution in [2.24, 2.45) is 0 Å². The van der Waals surface area contributed by atoms with Crippen LogP contribution in [0.1, 0.15) is 29.2 Å². The molecule has 1 N–H and O–H groups in total. The van der Waals surface area contributed by atoms with Crippen molar-refractivity contribution in [2.45, 2.75) is 20.8 Å². The van der Waals surface area contributed by atoms with Gasteiger partial charge in [-0.05, 0) is 49.6 Å². The van der Waals surface area contributed by atoms with Gasteiger partial charge in [-0.25, -0.2) is 0 Å². The molecule has 0 bridgehead atoms. The quantitative estimate of drug-likeness (QED) is 0.509. The summed E-state index contributed by atoms with van der Waals surface area (Å²) in [6, 6.07) is 14.6. The van der Waals surface area contributed by atoms with Crippen molar-refractivity contribution in [3.63, 3.8) is 0 Å². The molecule has 0 aliphatic rings. The van der Waals surface area contributed by atoms with Gasteiger partial charge in [0, 0.05) is 28.6 Å². The van der Waals surface area contributed by atoms with Crippen LogP contribution in [-0.2, 0) is 0 Å². The fraction of sp³-hybridized carbons (Fsp3) is 0.300. The Morgan fingerprint density at radius 1 is 1.00 bits per heavy atom. The maximum atomic E-state index is 9.15. The van der Waals surface area contributed by atoms with Crippen LogP contribution in [0.25, 0.3) is 9.81 Å². The maximum Gasteiger partial charge on any atom is 0.0606 e. The van der Waals surface area contributed by atoms with Crippen LogP contribution >= 0.6 is 25.3 Å². The minimum atomic E-state index is 0.154. The van der Waals surface area contributed by atoms with Crippen molar-refractivity contribution in [1.82, 2.24) is 0 Å². The number of likely N-dealkylation sites (N-methyl/N-ethyl adjacent to an activating group) is 1. The summed E-state index contributed by atoms with van der Waals surface area (Å²) in [5.41, 5.74) is 5.65. The largest absolute Gasteiger partial charge is 0.395 e. The molecule has 0 aliphatic heterocycles. The predicted molar refractivity (Wildman–Crippen MR) is 112 cm³/mol. The standard InChI is InChI=1S/C20H25NOS2/c1-4-21(11-12-22)17-9-7-16(8-10-17)19(23)20(24)18-13-14(2)5-6-15(18)3/h5-10,13,22-24H,4,11-12H2,1-3H3/b20-19-. The highest BCUT2D eigenvalue weighted by Gasteiger charge is 2.09. The zero-order valence-corrected chi connectivity index (χ0v) is 16.2. The fourth-order valence-corrected chi connectivity index (χ4v) is 3.32. The van der Waals surface area contributed by atoms with Crippen molar-refractivity contribution in [3.05, 3.63) is 64.7 Å². The molecule has 0 heterocycles. The van der Waals surface area contributed by atoms with Crippen LogP contribution in [0.3, 0.4) is 0 Å². The van der Waals surface area contributed by atoms with E-state index in [2.05, 4.69) is 68.1 Å². The fourth-order valence-electron chi connectivity index (χ4n) is 2.68. The monoisotopic (exact) mass is 359 g/mol. The molecule has 0 saturated carbocycles. The number of hydrogen-bond donors (Lipinski definition) is 3. The van der Waals surface area contributed by atoms with E-state index in [1.807, 2.05) is 0 Å². The van der Waals surface area contributed by atoms with Crippen LogP contribution in [0.5, 0.6) is 0 Å². The van der Waals surface area contributed by atoms with Crippen LogP contribution in [0.15, 0.2) is 42.5 Å². The first-order chi connectivity index (χ1) is 11.5. The van der Waals surface area contributed by atoms with Gasteiger partial charge in [-0.1, -0.05) is 35.9 Å². The summed E-state index contributed by atoms with van der Waals surface area (Å²) in [5, 5.41) is 9.15. The van der Waals surface area contributed by atoms with Crippen molar-refractivity contribution in [2.75, 3.05) is 24.6 Å². The predicted octanol–water partition coefficient (Wildman–Crippen LogP) is 4.81. The van der Waals surface area contributed by atoms with E-state index < -0.39 is 0 Å². The summed E-state index contributed by atoms with van der Waals surface area (Å²) in [7, 11) is 0. The molecule has 0 fully saturated rings. The molecular formula is C20H25NOS2. The van der Waals surface area contributed by atoms with Crippen LogP contribution < -0.4 is 4.90 Å². The summed E-state index contributed by atoms with van der Waals surface area (Å²) in [5.74, 6) is 0. The second-order valence-electron chi connectivity index (χ2n) is 5.87. The molecule has 2 nitrogen and oxygen atoms in total. The Morgan fingerprint density at radius 3 is 2.25 bits per heavy atom. The summed E-state index contributed by atoms with van der Waals surface area (Å²) in [6.07, 6.45) is 0. The van der Waals surface area contributed by atoms with Gasteiger partial charge in [0.2, 0.25) is 0 Å². The number of hydrogen-bond acceptors (Lipinski definition) is 4. The minimum absolute atomic E-state index is 0.154. The molecule has 0 unspecified atom stereocenters. The highest BCUT2D eigenvalue weighted by Crippen LogP contribution is 2.34. The molecule has 0 saturated heterocycles. The average molecular weight is 360 g/mol. The van der Waals surface area contributed by atoms with Crippen LogP contribution in [0.4, 0.5) is 5.69 Å². The van der Waals surface area contributed by atoms with E-state index in [0.29, 0.717) is 6.54 Å². The molecule has 2 rings (SSSR count). The Labute approximate surface area is 156 Å². The van der Waals surface area contributed by atoms with Gasteiger partial charge in [-0.15, -0.1) is 25.3 Å². The highest BCUT2D eigenvalue weighted by molar-refractivity contribution is 7.96. The van der Waals surface area contributed by atoms with E-state index in [1.54, 1.807) is 0 Å². The van der Waals surface area contributed by atoms with Crippen molar-refractivity contribution < 1.29 is 5.11 Å². The third-order valence-corrected chi connectivity index (χ3v) is 5.25. The second-order valence-corrected chi connectivity index (χ2v) is 6.76.